The van der Waals surface area contributed by atoms with Crippen LogP contribution in [0.4, 0.5) is 23.2 Å². The molecular weight excluding hydrogens is 490 g/mol. The maximum Gasteiger partial charge on any atom is 0.573 e. The van der Waals surface area contributed by atoms with Crippen LogP contribution in [-0.4, -0.2) is 53.3 Å². The molecule has 3 aromatic rings. The summed E-state index contributed by atoms with van der Waals surface area (Å²) in [6.07, 6.45) is 0.482. The average molecular weight is 518 g/mol. The first kappa shape index (κ1) is 24.0. The van der Waals surface area contributed by atoms with Crippen LogP contribution in [0.5, 0.6) is 5.75 Å². The minimum absolute atomic E-state index is 0.0771. The van der Waals surface area contributed by atoms with Gasteiger partial charge in [0.15, 0.2) is 0 Å². The molecule has 4 N–H and O–H groups in total. The van der Waals surface area contributed by atoms with Crippen LogP contribution in [0.2, 0.25) is 0 Å². The van der Waals surface area contributed by atoms with Crippen LogP contribution >= 0.6 is 0 Å². The lowest BCUT2D eigenvalue weighted by molar-refractivity contribution is -0.274. The van der Waals surface area contributed by atoms with Crippen LogP contribution in [0.3, 0.4) is 0 Å². The molecule has 1 amide bonds. The number of carbonyl (C=O) groups is 1. The van der Waals surface area contributed by atoms with E-state index in [1.165, 1.54) is 17.8 Å². The smallest absolute Gasteiger partial charge is 0.406 e. The predicted octanol–water partition coefficient (Wildman–Crippen LogP) is 4.28. The molecular formula is C26H27F4N5O2. The Morgan fingerprint density at radius 1 is 1.22 bits per heavy atom. The van der Waals surface area contributed by atoms with Gasteiger partial charge in [0.05, 0.1) is 11.8 Å². The van der Waals surface area contributed by atoms with Crippen LogP contribution in [0.15, 0.2) is 24.4 Å². The van der Waals surface area contributed by atoms with Crippen molar-refractivity contribution in [1.29, 1.82) is 0 Å². The molecule has 0 unspecified atom stereocenters. The third-order valence-electron chi connectivity index (χ3n) is 8.14. The number of H-pyrrole nitrogens is 1. The van der Waals surface area contributed by atoms with Gasteiger partial charge in [0.25, 0.3) is 5.91 Å². The first-order chi connectivity index (χ1) is 17.6. The molecule has 4 heterocycles. The van der Waals surface area contributed by atoms with Crippen LogP contribution in [0.1, 0.15) is 52.4 Å². The van der Waals surface area contributed by atoms with Gasteiger partial charge in [-0.25, -0.2) is 9.37 Å². The number of hydrogen-bond donors (Lipinski definition) is 3. The van der Waals surface area contributed by atoms with Gasteiger partial charge in [0, 0.05) is 54.6 Å². The van der Waals surface area contributed by atoms with Gasteiger partial charge in [-0.3, -0.25) is 4.79 Å². The average Bonchev–Trinajstić information content (AvgIpc) is 3.19. The van der Waals surface area contributed by atoms with Crippen molar-refractivity contribution < 1.29 is 27.1 Å². The lowest BCUT2D eigenvalue weighted by atomic mass is 9.68. The molecule has 2 fully saturated rings. The Labute approximate surface area is 210 Å². The number of anilines is 1. The van der Waals surface area contributed by atoms with Gasteiger partial charge in [-0.05, 0) is 61.1 Å². The number of aromatic amines is 1. The summed E-state index contributed by atoms with van der Waals surface area (Å²) in [5, 5.41) is 4.27. The highest BCUT2D eigenvalue weighted by molar-refractivity contribution is 5.99. The Bertz CT molecular complexity index is 1370. The molecule has 1 aromatic carbocycles. The summed E-state index contributed by atoms with van der Waals surface area (Å²) in [6, 6.07) is 3.32. The van der Waals surface area contributed by atoms with Crippen LogP contribution < -0.4 is 15.8 Å². The van der Waals surface area contributed by atoms with Crippen molar-refractivity contribution in [3.8, 4) is 5.75 Å². The van der Waals surface area contributed by atoms with Crippen molar-refractivity contribution >= 4 is 22.6 Å². The third kappa shape index (κ3) is 4.28. The number of carbonyl (C=O) groups excluding carboxylic acids is 1. The van der Waals surface area contributed by atoms with Crippen LogP contribution in [0.25, 0.3) is 11.0 Å². The van der Waals surface area contributed by atoms with E-state index in [-0.39, 0.29) is 34.3 Å². The zero-order valence-electron chi connectivity index (χ0n) is 20.1. The first-order valence-corrected chi connectivity index (χ1v) is 12.5. The van der Waals surface area contributed by atoms with E-state index in [1.54, 1.807) is 4.90 Å². The molecule has 0 atom stereocenters. The van der Waals surface area contributed by atoms with Gasteiger partial charge in [-0.15, -0.1) is 13.2 Å². The zero-order chi connectivity index (χ0) is 25.9. The van der Waals surface area contributed by atoms with Gasteiger partial charge in [-0.1, -0.05) is 0 Å². The fourth-order valence-corrected chi connectivity index (χ4v) is 6.19. The second-order valence-corrected chi connectivity index (χ2v) is 10.5. The summed E-state index contributed by atoms with van der Waals surface area (Å²) < 4.78 is 56.6. The number of rotatable bonds is 3. The Hall–Kier alpha value is -3.34. The number of ether oxygens (including phenoxy) is 1. The van der Waals surface area contributed by atoms with Crippen molar-refractivity contribution in [3.63, 3.8) is 0 Å². The maximum absolute atomic E-state index is 15.3. The van der Waals surface area contributed by atoms with E-state index in [1.807, 2.05) is 0 Å². The van der Waals surface area contributed by atoms with E-state index in [9.17, 15) is 18.0 Å². The molecule has 37 heavy (non-hydrogen) atoms. The molecule has 11 heteroatoms. The van der Waals surface area contributed by atoms with Gasteiger partial charge in [-0.2, -0.15) is 0 Å². The quantitative estimate of drug-likeness (QED) is 0.356. The van der Waals surface area contributed by atoms with E-state index >= 15 is 4.39 Å². The van der Waals surface area contributed by atoms with E-state index in [0.29, 0.717) is 31.5 Å². The summed E-state index contributed by atoms with van der Waals surface area (Å²) in [5.74, 6) is -1.25. The molecule has 6 rings (SSSR count). The number of fused-ring (bicyclic) bond motifs is 3. The lowest BCUT2D eigenvalue weighted by Crippen LogP contribution is -2.56. The molecule has 2 saturated heterocycles. The number of nitrogens with two attached hydrogens (primary N) is 1. The molecule has 0 bridgehead atoms. The number of pyridine rings is 1. The number of benzene rings is 1. The second-order valence-electron chi connectivity index (χ2n) is 10.5. The summed E-state index contributed by atoms with van der Waals surface area (Å²) >= 11 is 0. The minimum atomic E-state index is -4.85. The number of aromatic nitrogens is 2. The standard InChI is InChI=1S/C26H27F4N5O2/c27-18-11-33-23-22(17-10-25(12-32-13-25)6-3-20(17)34-23)21(18)14-4-7-35(8-5-14)24(36)16-2-1-15(9-19(16)31)37-26(28,29)30/h1-2,9,11,14,32H,3-8,10,12-13,31H2,(H,33,34). The molecule has 7 nitrogen and oxygen atoms in total. The molecule has 1 aliphatic carbocycles. The molecule has 1 spiro atoms. The highest BCUT2D eigenvalue weighted by atomic mass is 19.4. The number of piperidine rings is 1. The van der Waals surface area contributed by atoms with Crippen molar-refractivity contribution in [2.24, 2.45) is 5.41 Å². The van der Waals surface area contributed by atoms with Crippen molar-refractivity contribution in [2.45, 2.75) is 44.4 Å². The summed E-state index contributed by atoms with van der Waals surface area (Å²) in [7, 11) is 0. The number of nitrogens with one attached hydrogen (secondary N) is 2. The number of likely N-dealkylation sites (tertiary alicyclic amines) is 1. The third-order valence-corrected chi connectivity index (χ3v) is 8.14. The largest absolute Gasteiger partial charge is 0.573 e. The first-order valence-electron chi connectivity index (χ1n) is 12.5. The summed E-state index contributed by atoms with van der Waals surface area (Å²) in [6.45, 7) is 2.72. The Kier molecular flexibility index (Phi) is 5.59. The van der Waals surface area contributed by atoms with E-state index < -0.39 is 12.1 Å². The number of aryl methyl sites for hydroxylation is 1. The predicted molar refractivity (Wildman–Crippen MR) is 129 cm³/mol. The molecule has 3 aliphatic rings. The van der Waals surface area contributed by atoms with Gasteiger partial charge < -0.3 is 25.7 Å². The van der Waals surface area contributed by atoms with E-state index in [2.05, 4.69) is 20.0 Å². The fourth-order valence-electron chi connectivity index (χ4n) is 6.19. The number of hydrogen-bond acceptors (Lipinski definition) is 5. The molecule has 0 saturated carbocycles. The fraction of sp³-hybridized carbons (Fsp3) is 0.462. The summed E-state index contributed by atoms with van der Waals surface area (Å²) in [4.78, 5) is 22.5. The molecule has 196 valence electrons. The maximum atomic E-state index is 15.3. The Morgan fingerprint density at radius 3 is 2.62 bits per heavy atom. The number of nitrogens with zero attached hydrogens (tertiary/aromatic N) is 2. The van der Waals surface area contributed by atoms with Crippen LogP contribution in [-0.2, 0) is 12.8 Å². The number of halogens is 4. The molecule has 2 aliphatic heterocycles. The second kappa shape index (κ2) is 8.61. The zero-order valence-corrected chi connectivity index (χ0v) is 20.1. The van der Waals surface area contributed by atoms with Crippen molar-refractivity contribution in [3.05, 3.63) is 52.6 Å². The van der Waals surface area contributed by atoms with Gasteiger partial charge >= 0.3 is 6.36 Å². The van der Waals surface area contributed by atoms with Gasteiger partial charge in [0.2, 0.25) is 0 Å². The highest BCUT2D eigenvalue weighted by Gasteiger charge is 2.42. The normalized spacial score (nSPS) is 19.6. The molecule has 0 radical (unpaired) electrons. The highest BCUT2D eigenvalue weighted by Crippen LogP contribution is 2.44. The number of amides is 1. The Morgan fingerprint density at radius 2 is 1.97 bits per heavy atom. The van der Waals surface area contributed by atoms with Crippen molar-refractivity contribution in [1.82, 2.24) is 20.2 Å². The minimum Gasteiger partial charge on any atom is -0.406 e. The van der Waals surface area contributed by atoms with E-state index in [4.69, 9.17) is 5.73 Å². The molecule has 2 aromatic heterocycles. The SMILES string of the molecule is Nc1cc(OC(F)(F)F)ccc1C(=O)N1CCC(c2c(F)cnc3[nH]c4c(c23)CC2(CC4)CNC2)CC1. The monoisotopic (exact) mass is 517 g/mol. The number of alkyl halides is 3. The van der Waals surface area contributed by atoms with Crippen molar-refractivity contribution in [2.75, 3.05) is 31.9 Å². The topological polar surface area (TPSA) is 96.3 Å². The number of nitrogen functional groups attached to an aromatic ring is 1. The lowest BCUT2D eigenvalue weighted by Gasteiger charge is -2.45. The Balaban J connectivity index is 1.21. The van der Waals surface area contributed by atoms with E-state index in [0.717, 1.165) is 61.2 Å². The van der Waals surface area contributed by atoms with Gasteiger partial charge in [0.1, 0.15) is 17.2 Å². The summed E-state index contributed by atoms with van der Waals surface area (Å²) in [5.41, 5.74) is 9.86. The van der Waals surface area contributed by atoms with Crippen LogP contribution in [0, 0.1) is 11.2 Å².